The van der Waals surface area contributed by atoms with Gasteiger partial charge in [0.15, 0.2) is 11.0 Å². The Hall–Kier alpha value is -3.68. The van der Waals surface area contributed by atoms with Gasteiger partial charge < -0.3 is 0 Å². The molecular formula is C30H30ClN5OS. The van der Waals surface area contributed by atoms with E-state index in [-0.39, 0.29) is 17.1 Å². The molecule has 4 rings (SSSR count). The number of hydrogen-bond acceptors (Lipinski definition) is 5. The fourth-order valence-corrected chi connectivity index (χ4v) is 4.59. The van der Waals surface area contributed by atoms with Crippen LogP contribution in [0.2, 0.25) is 0 Å². The molecule has 1 heterocycles. The number of hydrogen-bond donors (Lipinski definition) is 1. The molecule has 38 heavy (non-hydrogen) atoms. The van der Waals surface area contributed by atoms with Crippen molar-refractivity contribution in [2.75, 3.05) is 5.75 Å². The van der Waals surface area contributed by atoms with Crippen LogP contribution in [0.25, 0.3) is 23.2 Å². The highest BCUT2D eigenvalue weighted by Crippen LogP contribution is 2.30. The van der Waals surface area contributed by atoms with Gasteiger partial charge in [0.05, 0.1) is 17.0 Å². The minimum absolute atomic E-state index is 0.0571. The molecule has 0 atom stereocenters. The van der Waals surface area contributed by atoms with Gasteiger partial charge in [-0.3, -0.25) is 9.36 Å². The molecule has 0 saturated carbocycles. The fraction of sp³-hybridized carbons (Fsp3) is 0.200. The molecule has 1 N–H and O–H groups in total. The summed E-state index contributed by atoms with van der Waals surface area (Å²) in [6.07, 6.45) is 3.18. The Labute approximate surface area is 232 Å². The summed E-state index contributed by atoms with van der Waals surface area (Å²) in [7, 11) is 0. The predicted molar refractivity (Wildman–Crippen MR) is 158 cm³/mol. The van der Waals surface area contributed by atoms with Gasteiger partial charge in [0.2, 0.25) is 0 Å². The van der Waals surface area contributed by atoms with Crippen LogP contribution in [0.3, 0.4) is 0 Å². The minimum atomic E-state index is -0.273. The highest BCUT2D eigenvalue weighted by atomic mass is 35.5. The normalized spacial score (nSPS) is 12.2. The molecule has 0 aliphatic rings. The van der Waals surface area contributed by atoms with E-state index in [1.165, 1.54) is 23.5 Å². The summed E-state index contributed by atoms with van der Waals surface area (Å²) in [6, 6.07) is 26.2. The summed E-state index contributed by atoms with van der Waals surface area (Å²) >= 11 is 7.50. The van der Waals surface area contributed by atoms with Gasteiger partial charge in [0.1, 0.15) is 0 Å². The van der Waals surface area contributed by atoms with Gasteiger partial charge in [0.25, 0.3) is 5.91 Å². The monoisotopic (exact) mass is 543 g/mol. The lowest BCUT2D eigenvalue weighted by Gasteiger charge is -2.19. The number of benzene rings is 3. The maximum atomic E-state index is 12.5. The van der Waals surface area contributed by atoms with Gasteiger partial charge in [-0.05, 0) is 41.7 Å². The summed E-state index contributed by atoms with van der Waals surface area (Å²) in [5, 5.41) is 13.9. The van der Waals surface area contributed by atoms with Crippen LogP contribution in [-0.2, 0) is 10.2 Å². The second-order valence-electron chi connectivity index (χ2n) is 9.83. The molecule has 0 bridgehead atoms. The number of aryl methyl sites for hydroxylation is 1. The largest absolute Gasteiger partial charge is 0.272 e. The average molecular weight is 544 g/mol. The Morgan fingerprint density at radius 3 is 2.34 bits per heavy atom. The van der Waals surface area contributed by atoms with E-state index in [2.05, 4.69) is 65.8 Å². The van der Waals surface area contributed by atoms with Crippen molar-refractivity contribution in [3.63, 3.8) is 0 Å². The zero-order valence-electron chi connectivity index (χ0n) is 21.9. The first-order chi connectivity index (χ1) is 18.2. The van der Waals surface area contributed by atoms with Crippen molar-refractivity contribution in [2.24, 2.45) is 5.10 Å². The molecule has 194 valence electrons. The number of amides is 1. The van der Waals surface area contributed by atoms with E-state index in [1.54, 1.807) is 6.08 Å². The van der Waals surface area contributed by atoms with E-state index in [9.17, 15) is 4.79 Å². The molecule has 8 heteroatoms. The van der Waals surface area contributed by atoms with Crippen LogP contribution < -0.4 is 5.43 Å². The number of halogens is 1. The fourth-order valence-electron chi connectivity index (χ4n) is 3.67. The van der Waals surface area contributed by atoms with Crippen molar-refractivity contribution in [1.82, 2.24) is 20.2 Å². The number of aromatic nitrogens is 3. The minimum Gasteiger partial charge on any atom is -0.272 e. The molecule has 0 saturated heterocycles. The van der Waals surface area contributed by atoms with Gasteiger partial charge in [-0.1, -0.05) is 116 Å². The maximum absolute atomic E-state index is 12.5. The van der Waals surface area contributed by atoms with Gasteiger partial charge in [-0.25, -0.2) is 5.43 Å². The van der Waals surface area contributed by atoms with Crippen LogP contribution in [0.1, 0.15) is 37.5 Å². The Morgan fingerprint density at radius 1 is 1.00 bits per heavy atom. The summed E-state index contributed by atoms with van der Waals surface area (Å²) < 4.78 is 1.98. The van der Waals surface area contributed by atoms with Crippen LogP contribution >= 0.6 is 23.4 Å². The standard InChI is InChI=1S/C30H30ClN5OS/c1-21-10-16-26(17-11-21)36-28(23-12-14-24(15-13-23)30(2,3)4)34-35-29(36)38-20-27(37)33-32-19-25(31)18-22-8-6-5-7-9-22/h5-19H,20H2,1-4H3,(H,33,37)/b25-18-,32-19-. The Kier molecular flexibility index (Phi) is 8.81. The molecule has 3 aromatic carbocycles. The summed E-state index contributed by atoms with van der Waals surface area (Å²) in [5.41, 5.74) is 7.80. The van der Waals surface area contributed by atoms with Crippen LogP contribution in [0.15, 0.2) is 94.2 Å². The van der Waals surface area contributed by atoms with E-state index in [1.807, 2.05) is 66.1 Å². The molecule has 1 aromatic heterocycles. The molecule has 0 fully saturated rings. The first-order valence-corrected chi connectivity index (χ1v) is 13.6. The molecular weight excluding hydrogens is 514 g/mol. The Balaban J connectivity index is 1.50. The quantitative estimate of drug-likeness (QED) is 0.147. The zero-order chi connectivity index (χ0) is 27.1. The topological polar surface area (TPSA) is 72.2 Å². The lowest BCUT2D eigenvalue weighted by atomic mass is 9.87. The Morgan fingerprint density at radius 2 is 1.68 bits per heavy atom. The van der Waals surface area contributed by atoms with Crippen LogP contribution in [0, 0.1) is 6.92 Å². The highest BCUT2D eigenvalue weighted by molar-refractivity contribution is 7.99. The highest BCUT2D eigenvalue weighted by Gasteiger charge is 2.19. The lowest BCUT2D eigenvalue weighted by Crippen LogP contribution is -2.19. The first kappa shape index (κ1) is 27.4. The van der Waals surface area contributed by atoms with E-state index in [0.717, 1.165) is 22.4 Å². The Bertz CT molecular complexity index is 1440. The second-order valence-corrected chi connectivity index (χ2v) is 11.2. The number of rotatable bonds is 8. The summed E-state index contributed by atoms with van der Waals surface area (Å²) in [4.78, 5) is 12.5. The van der Waals surface area contributed by atoms with E-state index in [0.29, 0.717) is 16.0 Å². The predicted octanol–water partition coefficient (Wildman–Crippen LogP) is 7.01. The summed E-state index contributed by atoms with van der Waals surface area (Å²) in [6.45, 7) is 8.61. The number of nitrogens with one attached hydrogen (secondary N) is 1. The van der Waals surface area contributed by atoms with Crippen molar-refractivity contribution in [2.45, 2.75) is 38.3 Å². The van der Waals surface area contributed by atoms with Crippen LogP contribution in [-0.4, -0.2) is 32.6 Å². The zero-order valence-corrected chi connectivity index (χ0v) is 23.4. The third-order valence-electron chi connectivity index (χ3n) is 5.75. The molecule has 0 radical (unpaired) electrons. The molecule has 4 aromatic rings. The van der Waals surface area contributed by atoms with Crippen molar-refractivity contribution >= 4 is 41.6 Å². The van der Waals surface area contributed by atoms with Crippen molar-refractivity contribution in [1.29, 1.82) is 0 Å². The third-order valence-corrected chi connectivity index (χ3v) is 6.88. The maximum Gasteiger partial charge on any atom is 0.250 e. The second kappa shape index (κ2) is 12.2. The van der Waals surface area contributed by atoms with Crippen LogP contribution in [0.4, 0.5) is 0 Å². The number of hydrazone groups is 1. The van der Waals surface area contributed by atoms with Gasteiger partial charge in [0, 0.05) is 11.3 Å². The van der Waals surface area contributed by atoms with Crippen molar-refractivity contribution in [3.8, 4) is 17.1 Å². The smallest absolute Gasteiger partial charge is 0.250 e. The first-order valence-electron chi connectivity index (χ1n) is 12.2. The molecule has 0 spiro atoms. The van der Waals surface area contributed by atoms with Gasteiger partial charge in [-0.2, -0.15) is 5.10 Å². The van der Waals surface area contributed by atoms with Crippen LogP contribution in [0.5, 0.6) is 0 Å². The third kappa shape index (κ3) is 7.21. The number of thioether (sulfide) groups is 1. The van der Waals surface area contributed by atoms with E-state index in [4.69, 9.17) is 11.6 Å². The molecule has 0 unspecified atom stereocenters. The molecule has 1 amide bonds. The number of carbonyl (C=O) groups is 1. The number of allylic oxidation sites excluding steroid dienone is 1. The lowest BCUT2D eigenvalue weighted by molar-refractivity contribution is -0.118. The molecule has 6 nitrogen and oxygen atoms in total. The van der Waals surface area contributed by atoms with Crippen molar-refractivity contribution < 1.29 is 4.79 Å². The number of carbonyl (C=O) groups excluding carboxylic acids is 1. The van der Waals surface area contributed by atoms with Gasteiger partial charge >= 0.3 is 0 Å². The van der Waals surface area contributed by atoms with E-state index >= 15 is 0 Å². The number of nitrogens with zero attached hydrogens (tertiary/aromatic N) is 4. The van der Waals surface area contributed by atoms with E-state index < -0.39 is 0 Å². The molecule has 0 aliphatic carbocycles. The average Bonchev–Trinajstić information content (AvgIpc) is 3.32. The summed E-state index contributed by atoms with van der Waals surface area (Å²) in [5.74, 6) is 0.558. The van der Waals surface area contributed by atoms with Crippen molar-refractivity contribution in [3.05, 3.63) is 101 Å². The SMILES string of the molecule is Cc1ccc(-n2c(SCC(=O)N/N=C\C(Cl)=C\c3ccccc3)nnc2-c2ccc(C(C)(C)C)cc2)cc1. The van der Waals surface area contributed by atoms with Gasteiger partial charge in [-0.15, -0.1) is 10.2 Å². The molecule has 0 aliphatic heterocycles.